The number of benzene rings is 1. The van der Waals surface area contributed by atoms with Gasteiger partial charge < -0.3 is 0 Å². The molecule has 0 saturated heterocycles. The summed E-state index contributed by atoms with van der Waals surface area (Å²) >= 11 is 3.22. The van der Waals surface area contributed by atoms with Crippen LogP contribution < -0.4 is 5.56 Å². The molecule has 0 spiro atoms. The number of aromatic nitrogens is 2. The van der Waals surface area contributed by atoms with Crippen LogP contribution in [0.3, 0.4) is 0 Å². The van der Waals surface area contributed by atoms with Crippen molar-refractivity contribution < 1.29 is 0 Å². The van der Waals surface area contributed by atoms with Gasteiger partial charge in [-0.25, -0.2) is 4.98 Å². The van der Waals surface area contributed by atoms with Gasteiger partial charge in [0.2, 0.25) is 0 Å². The zero-order chi connectivity index (χ0) is 15.5. The van der Waals surface area contributed by atoms with Gasteiger partial charge in [-0.15, -0.1) is 23.1 Å². The van der Waals surface area contributed by atoms with Gasteiger partial charge in [0.25, 0.3) is 5.56 Å². The zero-order valence-corrected chi connectivity index (χ0v) is 14.2. The highest BCUT2D eigenvalue weighted by molar-refractivity contribution is 7.98. The van der Waals surface area contributed by atoms with Crippen LogP contribution in [0.25, 0.3) is 4.96 Å². The highest BCUT2D eigenvalue weighted by atomic mass is 32.2. The van der Waals surface area contributed by atoms with E-state index in [1.165, 1.54) is 21.8 Å². The molecule has 0 aliphatic carbocycles. The van der Waals surface area contributed by atoms with Gasteiger partial charge >= 0.3 is 0 Å². The molecule has 0 bridgehead atoms. The zero-order valence-electron chi connectivity index (χ0n) is 12.5. The Morgan fingerprint density at radius 2 is 2.05 bits per heavy atom. The van der Waals surface area contributed by atoms with E-state index in [1.807, 2.05) is 12.4 Å². The Morgan fingerprint density at radius 3 is 2.77 bits per heavy atom. The molecule has 1 aromatic carbocycles. The van der Waals surface area contributed by atoms with E-state index in [0.717, 1.165) is 17.2 Å². The summed E-state index contributed by atoms with van der Waals surface area (Å²) in [7, 11) is 2.04. The third-order valence-corrected chi connectivity index (χ3v) is 4.90. The van der Waals surface area contributed by atoms with E-state index in [9.17, 15) is 4.79 Å². The average molecular weight is 331 g/mol. The van der Waals surface area contributed by atoms with Gasteiger partial charge in [-0.1, -0.05) is 12.1 Å². The van der Waals surface area contributed by atoms with Crippen LogP contribution in [0.15, 0.2) is 51.6 Å². The van der Waals surface area contributed by atoms with Crippen molar-refractivity contribution in [2.24, 2.45) is 0 Å². The lowest BCUT2D eigenvalue weighted by Crippen LogP contribution is -2.21. The second kappa shape index (κ2) is 6.64. The first-order valence-corrected chi connectivity index (χ1v) is 9.03. The number of rotatable bonds is 5. The van der Waals surface area contributed by atoms with Crippen LogP contribution in [-0.4, -0.2) is 27.6 Å². The Morgan fingerprint density at radius 1 is 1.27 bits per heavy atom. The first-order valence-electron chi connectivity index (χ1n) is 6.93. The van der Waals surface area contributed by atoms with E-state index in [1.54, 1.807) is 28.4 Å². The number of thiazole rings is 1. The van der Waals surface area contributed by atoms with Crippen molar-refractivity contribution in [3.8, 4) is 0 Å². The molecule has 0 unspecified atom stereocenters. The van der Waals surface area contributed by atoms with Gasteiger partial charge in [-0.3, -0.25) is 14.1 Å². The Balaban J connectivity index is 1.71. The average Bonchev–Trinajstić information content (AvgIpc) is 2.97. The molecule has 0 aliphatic heterocycles. The molecular formula is C16H17N3OS2. The molecule has 0 saturated carbocycles. The van der Waals surface area contributed by atoms with Crippen molar-refractivity contribution in [2.45, 2.75) is 18.0 Å². The summed E-state index contributed by atoms with van der Waals surface area (Å²) in [5.41, 5.74) is 2.06. The maximum absolute atomic E-state index is 12.0. The molecule has 0 fully saturated rings. The highest BCUT2D eigenvalue weighted by Crippen LogP contribution is 2.16. The summed E-state index contributed by atoms with van der Waals surface area (Å²) in [5, 5.41) is 1.88. The van der Waals surface area contributed by atoms with Crippen molar-refractivity contribution in [2.75, 3.05) is 13.3 Å². The molecule has 0 radical (unpaired) electrons. The number of nitrogens with zero attached hydrogens (tertiary/aromatic N) is 3. The monoisotopic (exact) mass is 331 g/mol. The molecule has 0 atom stereocenters. The summed E-state index contributed by atoms with van der Waals surface area (Å²) in [6, 6.07) is 10.2. The molecule has 0 aliphatic rings. The Hall–Kier alpha value is -1.63. The van der Waals surface area contributed by atoms with Crippen molar-refractivity contribution in [3.05, 3.63) is 63.5 Å². The number of hydrogen-bond acceptors (Lipinski definition) is 5. The SMILES string of the molecule is CSc1ccc(CN(C)Cc2cc(=O)n3ccsc3n2)cc1. The van der Waals surface area contributed by atoms with Gasteiger partial charge in [-0.05, 0) is 31.0 Å². The molecule has 0 N–H and O–H groups in total. The number of hydrogen-bond donors (Lipinski definition) is 0. The van der Waals surface area contributed by atoms with Crippen molar-refractivity contribution in [1.82, 2.24) is 14.3 Å². The third kappa shape index (κ3) is 3.40. The summed E-state index contributed by atoms with van der Waals surface area (Å²) in [4.78, 5) is 20.7. The smallest absolute Gasteiger partial charge is 0.258 e. The van der Waals surface area contributed by atoms with Crippen LogP contribution in [0.1, 0.15) is 11.3 Å². The molecule has 0 amide bonds. The fourth-order valence-electron chi connectivity index (χ4n) is 2.34. The third-order valence-electron chi connectivity index (χ3n) is 3.40. The highest BCUT2D eigenvalue weighted by Gasteiger charge is 2.07. The molecule has 22 heavy (non-hydrogen) atoms. The van der Waals surface area contributed by atoms with Crippen LogP contribution in [0.4, 0.5) is 0 Å². The van der Waals surface area contributed by atoms with E-state index in [-0.39, 0.29) is 5.56 Å². The molecule has 6 heteroatoms. The number of fused-ring (bicyclic) bond motifs is 1. The maximum atomic E-state index is 12.0. The first kappa shape index (κ1) is 15.3. The summed E-state index contributed by atoms with van der Waals surface area (Å²) in [6.07, 6.45) is 3.84. The molecule has 3 rings (SSSR count). The normalized spacial score (nSPS) is 11.4. The van der Waals surface area contributed by atoms with Gasteiger partial charge in [0.1, 0.15) is 0 Å². The molecule has 2 heterocycles. The standard InChI is InChI=1S/C16H17N3OS2/c1-18(10-12-3-5-14(21-2)6-4-12)11-13-9-15(20)19-7-8-22-16(19)17-13/h3-9H,10-11H2,1-2H3. The van der Waals surface area contributed by atoms with E-state index in [4.69, 9.17) is 0 Å². The maximum Gasteiger partial charge on any atom is 0.258 e. The summed E-state index contributed by atoms with van der Waals surface area (Å²) in [6.45, 7) is 1.49. The van der Waals surface area contributed by atoms with Crippen LogP contribution in [0.2, 0.25) is 0 Å². The molecule has 3 aromatic rings. The summed E-state index contributed by atoms with van der Waals surface area (Å²) in [5.74, 6) is 0. The van der Waals surface area contributed by atoms with Crippen LogP contribution >= 0.6 is 23.1 Å². The Labute approximate surface area is 137 Å². The predicted molar refractivity (Wildman–Crippen MR) is 92.7 cm³/mol. The van der Waals surface area contributed by atoms with Crippen LogP contribution in [0.5, 0.6) is 0 Å². The van der Waals surface area contributed by atoms with Gasteiger partial charge in [0.05, 0.1) is 5.69 Å². The summed E-state index contributed by atoms with van der Waals surface area (Å²) < 4.78 is 1.58. The number of thioether (sulfide) groups is 1. The molecule has 4 nitrogen and oxygen atoms in total. The lowest BCUT2D eigenvalue weighted by molar-refractivity contribution is 0.315. The Kier molecular flexibility index (Phi) is 4.61. The second-order valence-corrected chi connectivity index (χ2v) is 6.91. The topological polar surface area (TPSA) is 37.6 Å². The Bertz CT molecular complexity index is 823. The fraction of sp³-hybridized carbons (Fsp3) is 0.250. The van der Waals surface area contributed by atoms with Gasteiger partial charge in [-0.2, -0.15) is 0 Å². The van der Waals surface area contributed by atoms with E-state index >= 15 is 0 Å². The molecule has 2 aromatic heterocycles. The first-order chi connectivity index (χ1) is 10.7. The lowest BCUT2D eigenvalue weighted by atomic mass is 10.2. The van der Waals surface area contributed by atoms with Gasteiger partial charge in [0, 0.05) is 35.6 Å². The van der Waals surface area contributed by atoms with Crippen LogP contribution in [-0.2, 0) is 13.1 Å². The van der Waals surface area contributed by atoms with Crippen LogP contribution in [0, 0.1) is 0 Å². The minimum atomic E-state index is -0.0148. The lowest BCUT2D eigenvalue weighted by Gasteiger charge is -2.16. The van der Waals surface area contributed by atoms with Crippen molar-refractivity contribution in [3.63, 3.8) is 0 Å². The molecular weight excluding hydrogens is 314 g/mol. The van der Waals surface area contributed by atoms with Crippen molar-refractivity contribution >= 4 is 28.1 Å². The molecule has 114 valence electrons. The van der Waals surface area contributed by atoms with E-state index in [2.05, 4.69) is 40.4 Å². The predicted octanol–water partition coefficient (Wildman–Crippen LogP) is 3.11. The van der Waals surface area contributed by atoms with E-state index in [0.29, 0.717) is 6.54 Å². The minimum absolute atomic E-state index is 0.0148. The van der Waals surface area contributed by atoms with Gasteiger partial charge in [0.15, 0.2) is 4.96 Å². The van der Waals surface area contributed by atoms with Crippen molar-refractivity contribution in [1.29, 1.82) is 0 Å². The quantitative estimate of drug-likeness (QED) is 0.673. The second-order valence-electron chi connectivity index (χ2n) is 5.16. The fourth-order valence-corrected chi connectivity index (χ4v) is 3.49. The minimum Gasteiger partial charge on any atom is -0.296 e. The van der Waals surface area contributed by atoms with E-state index < -0.39 is 0 Å². The largest absolute Gasteiger partial charge is 0.296 e.